The third-order valence-electron chi connectivity index (χ3n) is 5.47. The number of ether oxygens (including phenoxy) is 1. The number of amidine groups is 1. The molecule has 2 aliphatic rings. The van der Waals surface area contributed by atoms with Gasteiger partial charge in [0.05, 0.1) is 12.0 Å². The first-order valence-electron chi connectivity index (χ1n) is 8.79. The molecule has 1 unspecified atom stereocenters. The molecule has 1 saturated heterocycles. The summed E-state index contributed by atoms with van der Waals surface area (Å²) in [4.78, 5) is 21.2. The third kappa shape index (κ3) is 3.00. The van der Waals surface area contributed by atoms with Crippen LogP contribution < -0.4 is 9.64 Å². The largest absolute Gasteiger partial charge is 0.496 e. The highest BCUT2D eigenvalue weighted by Crippen LogP contribution is 2.45. The summed E-state index contributed by atoms with van der Waals surface area (Å²) in [6.45, 7) is 6.80. The van der Waals surface area contributed by atoms with Gasteiger partial charge in [0, 0.05) is 44.0 Å². The summed E-state index contributed by atoms with van der Waals surface area (Å²) in [5.74, 6) is 1.20. The lowest BCUT2D eigenvalue weighted by atomic mass is 9.80. The zero-order valence-electron chi connectivity index (χ0n) is 16.6. The van der Waals surface area contributed by atoms with Gasteiger partial charge in [-0.1, -0.05) is 6.92 Å². The van der Waals surface area contributed by atoms with Crippen molar-refractivity contribution < 1.29 is 9.53 Å². The fraction of sp³-hybridized carbons (Fsp3) is 0.500. The number of carbonyl (C=O) groups is 1. The lowest BCUT2D eigenvalue weighted by molar-refractivity contribution is -0.121. The van der Waals surface area contributed by atoms with E-state index in [9.17, 15) is 4.79 Å². The Labute approximate surface area is 160 Å². The zero-order valence-corrected chi connectivity index (χ0v) is 17.4. The van der Waals surface area contributed by atoms with Crippen molar-refractivity contribution >= 4 is 34.6 Å². The summed E-state index contributed by atoms with van der Waals surface area (Å²) in [7, 11) is 7.27. The van der Waals surface area contributed by atoms with E-state index in [1.807, 2.05) is 6.08 Å². The second-order valence-electron chi connectivity index (χ2n) is 7.61. The zero-order chi connectivity index (χ0) is 19.2. The molecule has 2 heterocycles. The number of fused-ring (bicyclic) bond motifs is 1. The number of hydrogen-bond acceptors (Lipinski definition) is 5. The maximum Gasteiger partial charge on any atom is 0.266 e. The lowest BCUT2D eigenvalue weighted by Gasteiger charge is -2.45. The minimum atomic E-state index is -0.0262. The molecule has 1 aromatic rings. The molecule has 0 aliphatic carbocycles. The number of thioether (sulfide) groups is 1. The van der Waals surface area contributed by atoms with E-state index >= 15 is 0 Å². The molecule has 1 fully saturated rings. The van der Waals surface area contributed by atoms with E-state index in [0.29, 0.717) is 16.0 Å². The van der Waals surface area contributed by atoms with Crippen LogP contribution in [0.3, 0.4) is 0 Å². The van der Waals surface area contributed by atoms with E-state index in [1.165, 1.54) is 23.0 Å². The van der Waals surface area contributed by atoms with Crippen LogP contribution in [-0.4, -0.2) is 49.8 Å². The van der Waals surface area contributed by atoms with Gasteiger partial charge in [-0.05, 0) is 55.7 Å². The van der Waals surface area contributed by atoms with Gasteiger partial charge in [0.15, 0.2) is 5.17 Å². The molecular weight excluding hydrogens is 346 g/mol. The molecule has 0 saturated carbocycles. The number of anilines is 1. The normalized spacial score (nSPS) is 25.2. The van der Waals surface area contributed by atoms with Crippen LogP contribution in [0.2, 0.25) is 0 Å². The summed E-state index contributed by atoms with van der Waals surface area (Å²) >= 11 is 1.40. The molecule has 0 N–H and O–H groups in total. The SMILES string of the molecule is CN=C1S/C(=C/c2cc3c(cc2OC)N(C)C(C)(C)CC3C)C(=O)N1C. The first-order chi connectivity index (χ1) is 12.2. The number of likely N-dealkylation sites (N-methyl/N-ethyl adjacent to an activating group) is 1. The number of amides is 1. The van der Waals surface area contributed by atoms with Gasteiger partial charge in [-0.15, -0.1) is 0 Å². The van der Waals surface area contributed by atoms with Crippen LogP contribution in [-0.2, 0) is 4.79 Å². The van der Waals surface area contributed by atoms with Crippen LogP contribution in [0.25, 0.3) is 6.08 Å². The molecule has 5 nitrogen and oxygen atoms in total. The molecule has 2 aliphatic heterocycles. The molecule has 1 amide bonds. The predicted octanol–water partition coefficient (Wildman–Crippen LogP) is 3.95. The van der Waals surface area contributed by atoms with Gasteiger partial charge >= 0.3 is 0 Å². The predicted molar refractivity (Wildman–Crippen MR) is 110 cm³/mol. The molecule has 0 spiro atoms. The van der Waals surface area contributed by atoms with Gasteiger partial charge < -0.3 is 9.64 Å². The van der Waals surface area contributed by atoms with Crippen LogP contribution in [0.15, 0.2) is 22.0 Å². The molecule has 140 valence electrons. The van der Waals surface area contributed by atoms with Gasteiger partial charge in [-0.25, -0.2) is 0 Å². The molecule has 3 rings (SSSR count). The third-order valence-corrected chi connectivity index (χ3v) is 6.62. The van der Waals surface area contributed by atoms with Crippen LogP contribution in [0, 0.1) is 0 Å². The van der Waals surface area contributed by atoms with Gasteiger partial charge in [-0.3, -0.25) is 14.7 Å². The standard InChI is InChI=1S/C20H27N3O2S/c1-12-11-20(2,3)23(6)15-10-16(25-7)13(8-14(12)15)9-17-18(24)22(5)19(21-4)26-17/h8-10,12H,11H2,1-7H3/b17-9+,21-19?. The van der Waals surface area contributed by atoms with Crippen molar-refractivity contribution in [2.45, 2.75) is 38.6 Å². The highest BCUT2D eigenvalue weighted by atomic mass is 32.2. The number of carbonyl (C=O) groups excluding carboxylic acids is 1. The minimum absolute atomic E-state index is 0.0262. The molecule has 26 heavy (non-hydrogen) atoms. The summed E-state index contributed by atoms with van der Waals surface area (Å²) in [6, 6.07) is 4.27. The number of benzene rings is 1. The molecular formula is C20H27N3O2S. The first-order valence-corrected chi connectivity index (χ1v) is 9.61. The summed E-state index contributed by atoms with van der Waals surface area (Å²) < 4.78 is 5.65. The van der Waals surface area contributed by atoms with E-state index in [2.05, 4.69) is 49.8 Å². The van der Waals surface area contributed by atoms with E-state index in [4.69, 9.17) is 4.74 Å². The van der Waals surface area contributed by atoms with Gasteiger partial charge in [-0.2, -0.15) is 0 Å². The Hall–Kier alpha value is -1.95. The molecule has 0 aromatic heterocycles. The van der Waals surface area contributed by atoms with Crippen molar-refractivity contribution in [2.75, 3.05) is 33.2 Å². The number of methoxy groups -OCH3 is 1. The van der Waals surface area contributed by atoms with Crippen molar-refractivity contribution in [2.24, 2.45) is 4.99 Å². The molecule has 0 bridgehead atoms. The van der Waals surface area contributed by atoms with Gasteiger partial charge in [0.25, 0.3) is 5.91 Å². The van der Waals surface area contributed by atoms with Crippen molar-refractivity contribution in [3.8, 4) is 5.75 Å². The number of aliphatic imine (C=N–C) groups is 1. The average molecular weight is 374 g/mol. The van der Waals surface area contributed by atoms with Crippen molar-refractivity contribution in [3.63, 3.8) is 0 Å². The fourth-order valence-electron chi connectivity index (χ4n) is 3.79. The van der Waals surface area contributed by atoms with Crippen molar-refractivity contribution in [1.82, 2.24) is 4.90 Å². The van der Waals surface area contributed by atoms with Crippen LogP contribution >= 0.6 is 11.8 Å². The lowest BCUT2D eigenvalue weighted by Crippen LogP contribution is -2.45. The Morgan fingerprint density at radius 3 is 2.62 bits per heavy atom. The Bertz CT molecular complexity index is 814. The maximum absolute atomic E-state index is 12.5. The van der Waals surface area contributed by atoms with E-state index in [0.717, 1.165) is 17.7 Å². The molecule has 0 radical (unpaired) electrons. The quantitative estimate of drug-likeness (QED) is 0.737. The van der Waals surface area contributed by atoms with Crippen molar-refractivity contribution in [1.29, 1.82) is 0 Å². The topological polar surface area (TPSA) is 45.1 Å². The Morgan fingerprint density at radius 2 is 2.04 bits per heavy atom. The van der Waals surface area contributed by atoms with Crippen LogP contribution in [0.5, 0.6) is 5.75 Å². The summed E-state index contributed by atoms with van der Waals surface area (Å²) in [6.07, 6.45) is 3.01. The number of rotatable bonds is 2. The molecule has 1 aromatic carbocycles. The minimum Gasteiger partial charge on any atom is -0.496 e. The Kier molecular flexibility index (Phi) is 4.82. The average Bonchev–Trinajstić information content (AvgIpc) is 2.87. The second-order valence-corrected chi connectivity index (χ2v) is 8.62. The van der Waals surface area contributed by atoms with E-state index < -0.39 is 0 Å². The Balaban J connectivity index is 2.09. The highest BCUT2D eigenvalue weighted by Gasteiger charge is 2.35. The first kappa shape index (κ1) is 18.8. The smallest absolute Gasteiger partial charge is 0.266 e. The van der Waals surface area contributed by atoms with E-state index in [1.54, 1.807) is 26.1 Å². The van der Waals surface area contributed by atoms with Gasteiger partial charge in [0.1, 0.15) is 5.75 Å². The van der Waals surface area contributed by atoms with Crippen LogP contribution in [0.1, 0.15) is 44.2 Å². The molecule has 1 atom stereocenters. The fourth-order valence-corrected chi connectivity index (χ4v) is 4.71. The van der Waals surface area contributed by atoms with E-state index in [-0.39, 0.29) is 11.4 Å². The maximum atomic E-state index is 12.5. The number of nitrogens with zero attached hydrogens (tertiary/aromatic N) is 3. The van der Waals surface area contributed by atoms with Crippen LogP contribution in [0.4, 0.5) is 5.69 Å². The summed E-state index contributed by atoms with van der Waals surface area (Å²) in [5, 5.41) is 0.716. The second kappa shape index (κ2) is 6.65. The highest BCUT2D eigenvalue weighted by molar-refractivity contribution is 8.18. The summed E-state index contributed by atoms with van der Waals surface area (Å²) in [5.41, 5.74) is 3.54. The van der Waals surface area contributed by atoms with Crippen molar-refractivity contribution in [3.05, 3.63) is 28.2 Å². The molecule has 6 heteroatoms. The number of hydrogen-bond donors (Lipinski definition) is 0. The monoisotopic (exact) mass is 373 g/mol. The van der Waals surface area contributed by atoms with Gasteiger partial charge in [0.2, 0.25) is 0 Å². The Morgan fingerprint density at radius 1 is 1.35 bits per heavy atom.